The van der Waals surface area contributed by atoms with Gasteiger partial charge in [-0.3, -0.25) is 0 Å². The van der Waals surface area contributed by atoms with Gasteiger partial charge in [0.25, 0.3) is 0 Å². The summed E-state index contributed by atoms with van der Waals surface area (Å²) in [6.45, 7) is -3.36. The van der Waals surface area contributed by atoms with Crippen LogP contribution in [0.1, 0.15) is 31.2 Å². The van der Waals surface area contributed by atoms with Crippen LogP contribution in [0.5, 0.6) is 0 Å². The van der Waals surface area contributed by atoms with Gasteiger partial charge >= 0.3 is 0 Å². The number of aliphatic hydroxyl groups excluding tert-OH is 1. The molecular formula is C17H21NO. The maximum absolute atomic E-state index is 10.1. The van der Waals surface area contributed by atoms with E-state index >= 15 is 0 Å². The average molecular weight is 260 g/mol. The molecule has 2 aromatic rings. The van der Waals surface area contributed by atoms with E-state index in [4.69, 9.17) is 6.85 Å². The average Bonchev–Trinajstić information content (AvgIpc) is 2.56. The highest BCUT2D eigenvalue weighted by Crippen LogP contribution is 2.24. The molecule has 2 heteroatoms. The molecular weight excluding hydrogens is 234 g/mol. The Morgan fingerprint density at radius 2 is 1.74 bits per heavy atom. The van der Waals surface area contributed by atoms with Gasteiger partial charge in [-0.25, -0.2) is 0 Å². The lowest BCUT2D eigenvalue weighted by molar-refractivity contribution is 0.154. The first-order chi connectivity index (χ1) is 11.2. The van der Waals surface area contributed by atoms with Gasteiger partial charge in [0, 0.05) is 13.4 Å². The number of hydrogen-bond donors (Lipinski definition) is 2. The first kappa shape index (κ1) is 8.51. The standard InChI is InChI=1S/C17H21NO/c1-2-17(14-19,16-11-7-4-8-12-16)18-13-15-9-5-3-6-10-15/h3-12,18-19H,2,13-14H2,1H3/i1D3,2D2. The summed E-state index contributed by atoms with van der Waals surface area (Å²) in [5, 5.41) is 13.0. The van der Waals surface area contributed by atoms with Gasteiger partial charge in [-0.15, -0.1) is 0 Å². The van der Waals surface area contributed by atoms with E-state index in [2.05, 4.69) is 5.32 Å². The highest BCUT2D eigenvalue weighted by molar-refractivity contribution is 5.25. The van der Waals surface area contributed by atoms with E-state index in [0.29, 0.717) is 5.56 Å². The van der Waals surface area contributed by atoms with Crippen molar-refractivity contribution in [1.82, 2.24) is 5.32 Å². The van der Waals surface area contributed by atoms with Crippen LogP contribution in [-0.2, 0) is 12.1 Å². The Balaban J connectivity index is 2.48. The van der Waals surface area contributed by atoms with E-state index in [-0.39, 0.29) is 6.54 Å². The second-order valence-electron chi connectivity index (χ2n) is 4.39. The summed E-state index contributed by atoms with van der Waals surface area (Å²) in [5.74, 6) is 0. The predicted octanol–water partition coefficient (Wildman–Crippen LogP) is 3.07. The van der Waals surface area contributed by atoms with Crippen LogP contribution in [0, 0.1) is 0 Å². The minimum Gasteiger partial charge on any atom is -0.394 e. The third kappa shape index (κ3) is 3.22. The summed E-state index contributed by atoms with van der Waals surface area (Å²) in [7, 11) is 0. The van der Waals surface area contributed by atoms with Crippen LogP contribution in [0.3, 0.4) is 0 Å². The molecule has 2 aromatic carbocycles. The van der Waals surface area contributed by atoms with E-state index in [1.165, 1.54) is 0 Å². The Labute approximate surface area is 122 Å². The van der Waals surface area contributed by atoms with Gasteiger partial charge in [-0.1, -0.05) is 67.5 Å². The maximum atomic E-state index is 10.1. The Kier molecular flexibility index (Phi) is 2.91. The van der Waals surface area contributed by atoms with E-state index in [1.54, 1.807) is 30.3 Å². The number of benzene rings is 2. The van der Waals surface area contributed by atoms with Gasteiger partial charge in [0.15, 0.2) is 0 Å². The van der Waals surface area contributed by atoms with Crippen molar-refractivity contribution in [3.05, 3.63) is 71.8 Å². The van der Waals surface area contributed by atoms with E-state index in [9.17, 15) is 5.11 Å². The Hall–Kier alpha value is -1.64. The lowest BCUT2D eigenvalue weighted by Gasteiger charge is -2.33. The molecule has 0 radical (unpaired) electrons. The zero-order valence-electron chi connectivity index (χ0n) is 15.6. The van der Waals surface area contributed by atoms with Crippen LogP contribution in [0.15, 0.2) is 60.7 Å². The SMILES string of the molecule is [2H]C([2H])([2H])C([2H])([2H])C(CO)(NCc1ccccc1)c1ccccc1. The van der Waals surface area contributed by atoms with Crippen LogP contribution in [-0.4, -0.2) is 11.7 Å². The van der Waals surface area contributed by atoms with Crippen LogP contribution in [0.2, 0.25) is 0 Å². The van der Waals surface area contributed by atoms with Crippen molar-refractivity contribution >= 4 is 0 Å². The molecule has 0 amide bonds. The van der Waals surface area contributed by atoms with Crippen molar-refractivity contribution in [2.45, 2.75) is 25.3 Å². The number of hydrogen-bond acceptors (Lipinski definition) is 2. The topological polar surface area (TPSA) is 32.3 Å². The monoisotopic (exact) mass is 260 g/mol. The van der Waals surface area contributed by atoms with Crippen LogP contribution < -0.4 is 5.32 Å². The lowest BCUT2D eigenvalue weighted by atomic mass is 9.87. The minimum absolute atomic E-state index is 0.228. The molecule has 0 aromatic heterocycles. The molecule has 0 fully saturated rings. The molecule has 0 saturated carbocycles. The quantitative estimate of drug-likeness (QED) is 0.836. The summed E-state index contributed by atoms with van der Waals surface area (Å²) in [6, 6.07) is 17.7. The molecule has 19 heavy (non-hydrogen) atoms. The van der Waals surface area contributed by atoms with E-state index < -0.39 is 25.4 Å². The van der Waals surface area contributed by atoms with Gasteiger partial charge in [-0.05, 0) is 17.5 Å². The van der Waals surface area contributed by atoms with Gasteiger partial charge in [0.1, 0.15) is 0 Å². The highest BCUT2D eigenvalue weighted by Gasteiger charge is 2.28. The fourth-order valence-corrected chi connectivity index (χ4v) is 1.98. The zero-order valence-corrected chi connectivity index (χ0v) is 10.6. The largest absolute Gasteiger partial charge is 0.394 e. The third-order valence-electron chi connectivity index (χ3n) is 3.15. The molecule has 1 atom stereocenters. The smallest absolute Gasteiger partial charge is 0.0669 e. The summed E-state index contributed by atoms with van der Waals surface area (Å²) in [5.41, 5.74) is -0.493. The molecule has 0 aliphatic carbocycles. The molecule has 0 bridgehead atoms. The maximum Gasteiger partial charge on any atom is 0.0669 e. The molecule has 0 spiro atoms. The number of aliphatic hydroxyl groups is 1. The van der Waals surface area contributed by atoms with Crippen molar-refractivity contribution in [2.24, 2.45) is 0 Å². The molecule has 0 saturated heterocycles. The van der Waals surface area contributed by atoms with Crippen LogP contribution >= 0.6 is 0 Å². The minimum atomic E-state index is -2.91. The number of rotatable bonds is 6. The predicted molar refractivity (Wildman–Crippen MR) is 78.8 cm³/mol. The molecule has 2 rings (SSSR count). The molecule has 1 unspecified atom stereocenters. The van der Waals surface area contributed by atoms with Gasteiger partial charge in [-0.2, -0.15) is 0 Å². The van der Waals surface area contributed by atoms with Crippen molar-refractivity contribution < 1.29 is 12.0 Å². The van der Waals surface area contributed by atoms with Gasteiger partial charge in [0.2, 0.25) is 0 Å². The molecule has 2 nitrogen and oxygen atoms in total. The molecule has 100 valence electrons. The van der Waals surface area contributed by atoms with Crippen LogP contribution in [0.25, 0.3) is 0 Å². The lowest BCUT2D eigenvalue weighted by Crippen LogP contribution is -2.44. The van der Waals surface area contributed by atoms with Crippen molar-refractivity contribution in [3.63, 3.8) is 0 Å². The Morgan fingerprint density at radius 1 is 1.11 bits per heavy atom. The van der Waals surface area contributed by atoms with E-state index in [0.717, 1.165) is 5.56 Å². The van der Waals surface area contributed by atoms with Gasteiger partial charge < -0.3 is 10.4 Å². The zero-order chi connectivity index (χ0) is 17.8. The first-order valence-electron chi connectivity index (χ1n) is 8.70. The van der Waals surface area contributed by atoms with Crippen molar-refractivity contribution in [3.8, 4) is 0 Å². The normalized spacial score (nSPS) is 19.3. The summed E-state index contributed by atoms with van der Waals surface area (Å²) in [4.78, 5) is 0. The second kappa shape index (κ2) is 6.50. The van der Waals surface area contributed by atoms with E-state index in [1.807, 2.05) is 30.3 Å². The Bertz CT molecular complexity index is 645. The summed E-state index contributed by atoms with van der Waals surface area (Å²) >= 11 is 0. The third-order valence-corrected chi connectivity index (χ3v) is 3.15. The molecule has 2 N–H and O–H groups in total. The molecule has 0 aliphatic rings. The second-order valence-corrected chi connectivity index (χ2v) is 4.39. The highest BCUT2D eigenvalue weighted by atomic mass is 16.3. The molecule has 0 heterocycles. The van der Waals surface area contributed by atoms with Crippen molar-refractivity contribution in [2.75, 3.05) is 6.61 Å². The summed E-state index contributed by atoms with van der Waals surface area (Å²) in [6.07, 6.45) is -2.68. The summed E-state index contributed by atoms with van der Waals surface area (Å²) < 4.78 is 39.4. The van der Waals surface area contributed by atoms with Gasteiger partial charge in [0.05, 0.1) is 12.1 Å². The first-order valence-corrected chi connectivity index (χ1v) is 6.20. The fourth-order valence-electron chi connectivity index (χ4n) is 1.98. The Morgan fingerprint density at radius 3 is 2.32 bits per heavy atom. The number of nitrogens with one attached hydrogen (secondary N) is 1. The van der Waals surface area contributed by atoms with Crippen LogP contribution in [0.4, 0.5) is 0 Å². The molecule has 0 aliphatic heterocycles. The van der Waals surface area contributed by atoms with Crippen molar-refractivity contribution in [1.29, 1.82) is 0 Å². The fraction of sp³-hybridized carbons (Fsp3) is 0.294.